The van der Waals surface area contributed by atoms with Crippen LogP contribution >= 0.6 is 0 Å². The molecule has 8 heteroatoms. The number of sulfone groups is 1. The fourth-order valence-electron chi connectivity index (χ4n) is 3.87. The Morgan fingerprint density at radius 2 is 1.92 bits per heavy atom. The van der Waals surface area contributed by atoms with Gasteiger partial charge in [-0.2, -0.15) is 5.10 Å². The van der Waals surface area contributed by atoms with E-state index in [-0.39, 0.29) is 29.9 Å². The fourth-order valence-corrected chi connectivity index (χ4v) is 5.61. The lowest BCUT2D eigenvalue weighted by atomic mass is 10.1. The zero-order valence-electron chi connectivity index (χ0n) is 13.8. The van der Waals surface area contributed by atoms with Gasteiger partial charge in [0.25, 0.3) is 0 Å². The molecule has 1 fully saturated rings. The molecule has 1 saturated heterocycles. The molecule has 2 aliphatic rings. The predicted octanol–water partition coefficient (Wildman–Crippen LogP) is 0.548. The number of carbonyl (C=O) groups excluding carboxylic acids is 1. The second kappa shape index (κ2) is 5.94. The average Bonchev–Trinajstić information content (AvgIpc) is 3.22. The van der Waals surface area contributed by atoms with E-state index in [9.17, 15) is 13.2 Å². The molecule has 0 radical (unpaired) electrons. The first-order valence-electron chi connectivity index (χ1n) is 8.42. The minimum atomic E-state index is -3.02. The van der Waals surface area contributed by atoms with Crippen molar-refractivity contribution in [3.8, 4) is 0 Å². The van der Waals surface area contributed by atoms with Gasteiger partial charge in [-0.15, -0.1) is 0 Å². The third-order valence-electron chi connectivity index (χ3n) is 5.01. The van der Waals surface area contributed by atoms with Crippen molar-refractivity contribution in [1.82, 2.24) is 14.8 Å². The summed E-state index contributed by atoms with van der Waals surface area (Å²) in [4.78, 5) is 15.7. The van der Waals surface area contributed by atoms with E-state index < -0.39 is 15.7 Å². The lowest BCUT2D eigenvalue weighted by Crippen LogP contribution is -2.18. The molecular formula is C17H20N4O3S. The summed E-state index contributed by atoms with van der Waals surface area (Å²) in [6, 6.07) is 8.36. The molecule has 2 aromatic rings. The van der Waals surface area contributed by atoms with Crippen LogP contribution in [-0.4, -0.2) is 40.6 Å². The highest BCUT2D eigenvalue weighted by atomic mass is 32.2. The highest BCUT2D eigenvalue weighted by molar-refractivity contribution is 7.91. The molecule has 7 nitrogen and oxygen atoms in total. The van der Waals surface area contributed by atoms with E-state index in [4.69, 9.17) is 5.73 Å². The molecule has 1 aliphatic heterocycles. The Bertz CT molecular complexity index is 910. The van der Waals surface area contributed by atoms with E-state index >= 15 is 0 Å². The minimum Gasteiger partial charge on any atom is -0.369 e. The van der Waals surface area contributed by atoms with Crippen LogP contribution in [0.5, 0.6) is 0 Å². The van der Waals surface area contributed by atoms with Gasteiger partial charge < -0.3 is 5.73 Å². The highest BCUT2D eigenvalue weighted by Crippen LogP contribution is 2.34. The summed E-state index contributed by atoms with van der Waals surface area (Å²) in [6.07, 6.45) is 2.19. The van der Waals surface area contributed by atoms with Crippen molar-refractivity contribution in [2.45, 2.75) is 37.6 Å². The normalized spacial score (nSPS) is 22.2. The zero-order valence-corrected chi connectivity index (χ0v) is 14.6. The lowest BCUT2D eigenvalue weighted by Gasteiger charge is -2.15. The van der Waals surface area contributed by atoms with Gasteiger partial charge in [-0.3, -0.25) is 4.79 Å². The van der Waals surface area contributed by atoms with Crippen molar-refractivity contribution in [3.05, 3.63) is 47.0 Å². The lowest BCUT2D eigenvalue weighted by molar-refractivity contribution is -0.117. The van der Waals surface area contributed by atoms with Crippen molar-refractivity contribution in [2.24, 2.45) is 5.73 Å². The van der Waals surface area contributed by atoms with E-state index in [0.717, 1.165) is 12.8 Å². The number of carbonyl (C=O) groups is 1. The minimum absolute atomic E-state index is 0.0286. The first kappa shape index (κ1) is 16.3. The van der Waals surface area contributed by atoms with E-state index in [1.807, 2.05) is 16.8 Å². The zero-order chi connectivity index (χ0) is 17.6. The quantitative estimate of drug-likeness (QED) is 0.856. The first-order chi connectivity index (χ1) is 11.9. The molecule has 132 valence electrons. The number of aromatic nitrogens is 3. The molecule has 1 aliphatic carbocycles. The van der Waals surface area contributed by atoms with Crippen molar-refractivity contribution in [2.75, 3.05) is 11.5 Å². The maximum Gasteiger partial charge on any atom is 0.225 e. The molecule has 0 spiro atoms. The van der Waals surface area contributed by atoms with Gasteiger partial charge in [0.2, 0.25) is 5.91 Å². The topological polar surface area (TPSA) is 108 Å². The van der Waals surface area contributed by atoms with Crippen LogP contribution in [0.1, 0.15) is 41.2 Å². The summed E-state index contributed by atoms with van der Waals surface area (Å²) in [6.45, 7) is 0. The molecule has 25 heavy (non-hydrogen) atoms. The van der Waals surface area contributed by atoms with Crippen LogP contribution in [0, 0.1) is 0 Å². The van der Waals surface area contributed by atoms with Crippen molar-refractivity contribution < 1.29 is 13.2 Å². The fraction of sp³-hybridized carbons (Fsp3) is 0.471. The summed E-state index contributed by atoms with van der Waals surface area (Å²) in [5.41, 5.74) is 7.84. The number of hydrogen-bond donors (Lipinski definition) is 1. The van der Waals surface area contributed by atoms with E-state index in [1.165, 1.54) is 11.1 Å². The summed E-state index contributed by atoms with van der Waals surface area (Å²) < 4.78 is 25.6. The second-order valence-electron chi connectivity index (χ2n) is 6.90. The van der Waals surface area contributed by atoms with Crippen molar-refractivity contribution in [3.63, 3.8) is 0 Å². The van der Waals surface area contributed by atoms with Crippen molar-refractivity contribution >= 4 is 15.7 Å². The Hall–Kier alpha value is -2.22. The Balaban J connectivity index is 1.69. The van der Waals surface area contributed by atoms with Gasteiger partial charge in [0.15, 0.2) is 15.7 Å². The third-order valence-corrected chi connectivity index (χ3v) is 6.77. The van der Waals surface area contributed by atoms with Crippen LogP contribution in [0.15, 0.2) is 24.3 Å². The number of hydrogen-bond acceptors (Lipinski definition) is 5. The summed E-state index contributed by atoms with van der Waals surface area (Å²) >= 11 is 0. The number of nitrogens with zero attached hydrogens (tertiary/aromatic N) is 3. The smallest absolute Gasteiger partial charge is 0.225 e. The van der Waals surface area contributed by atoms with Gasteiger partial charge in [0.1, 0.15) is 5.82 Å². The molecule has 2 N–H and O–H groups in total. The Morgan fingerprint density at radius 3 is 2.48 bits per heavy atom. The monoisotopic (exact) mass is 360 g/mol. The summed E-state index contributed by atoms with van der Waals surface area (Å²) in [5.74, 6) is 0.681. The van der Waals surface area contributed by atoms with Crippen LogP contribution in [0.3, 0.4) is 0 Å². The Kier molecular flexibility index (Phi) is 3.87. The number of amides is 1. The molecule has 1 aromatic heterocycles. The molecule has 0 saturated carbocycles. The SMILES string of the molecule is NC(=O)Cc1nc([C@@H]2CCS(=O)(=O)C2)n(C2Cc3ccccc3C2)n1. The molecule has 2 heterocycles. The highest BCUT2D eigenvalue weighted by Gasteiger charge is 2.35. The number of rotatable bonds is 4. The van der Waals surface area contributed by atoms with Gasteiger partial charge in [0, 0.05) is 5.92 Å². The van der Waals surface area contributed by atoms with Gasteiger partial charge in [-0.05, 0) is 30.4 Å². The largest absolute Gasteiger partial charge is 0.369 e. The van der Waals surface area contributed by atoms with Crippen LogP contribution in [-0.2, 0) is 33.9 Å². The van der Waals surface area contributed by atoms with E-state index in [2.05, 4.69) is 22.2 Å². The molecule has 1 aromatic carbocycles. The first-order valence-corrected chi connectivity index (χ1v) is 10.2. The second-order valence-corrected chi connectivity index (χ2v) is 9.13. The van der Waals surface area contributed by atoms with Crippen LogP contribution in [0.4, 0.5) is 0 Å². The maximum atomic E-state index is 11.9. The van der Waals surface area contributed by atoms with Crippen LogP contribution in [0.25, 0.3) is 0 Å². The summed E-state index contributed by atoms with van der Waals surface area (Å²) in [7, 11) is -3.02. The Labute approximate surface area is 146 Å². The molecular weight excluding hydrogens is 340 g/mol. The average molecular weight is 360 g/mol. The van der Waals surface area contributed by atoms with Gasteiger partial charge in [0.05, 0.1) is 24.0 Å². The number of fused-ring (bicyclic) bond motifs is 1. The maximum absolute atomic E-state index is 11.9. The van der Waals surface area contributed by atoms with Gasteiger partial charge in [-0.25, -0.2) is 18.1 Å². The van der Waals surface area contributed by atoms with Gasteiger partial charge >= 0.3 is 0 Å². The molecule has 4 rings (SSSR count). The van der Waals surface area contributed by atoms with Crippen LogP contribution in [0.2, 0.25) is 0 Å². The van der Waals surface area contributed by atoms with Gasteiger partial charge in [-0.1, -0.05) is 24.3 Å². The molecule has 0 bridgehead atoms. The molecule has 0 unspecified atom stereocenters. The van der Waals surface area contributed by atoms with E-state index in [0.29, 0.717) is 18.1 Å². The Morgan fingerprint density at radius 1 is 1.24 bits per heavy atom. The summed E-state index contributed by atoms with van der Waals surface area (Å²) in [5, 5.41) is 4.52. The van der Waals surface area contributed by atoms with Crippen molar-refractivity contribution in [1.29, 1.82) is 0 Å². The molecule has 1 atom stereocenters. The number of nitrogens with two attached hydrogens (primary N) is 1. The number of primary amides is 1. The molecule has 1 amide bonds. The van der Waals surface area contributed by atoms with Crippen LogP contribution < -0.4 is 5.73 Å². The third kappa shape index (κ3) is 3.18. The standard InChI is InChI=1S/C17H20N4O3S/c18-15(22)9-16-19-17(13-5-6-25(23,24)10-13)21(20-16)14-7-11-3-1-2-4-12(11)8-14/h1-4,13-14H,5-10H2,(H2,18,22)/t13-/m1/s1. The van der Waals surface area contributed by atoms with E-state index in [1.54, 1.807) is 0 Å². The number of benzene rings is 1. The predicted molar refractivity (Wildman–Crippen MR) is 91.8 cm³/mol.